The molecule has 134 valence electrons. The predicted molar refractivity (Wildman–Crippen MR) is 99.9 cm³/mol. The van der Waals surface area contributed by atoms with Gasteiger partial charge in [0.05, 0.1) is 13.1 Å². The average molecular weight is 341 g/mol. The molecule has 3 rings (SSSR count). The van der Waals surface area contributed by atoms with Crippen molar-refractivity contribution in [1.82, 2.24) is 20.0 Å². The fourth-order valence-corrected chi connectivity index (χ4v) is 2.99. The van der Waals surface area contributed by atoms with E-state index in [-0.39, 0.29) is 6.10 Å². The lowest BCUT2D eigenvalue weighted by molar-refractivity contribution is 0.129. The molecule has 1 aliphatic heterocycles. The van der Waals surface area contributed by atoms with Crippen LogP contribution in [0.25, 0.3) is 0 Å². The van der Waals surface area contributed by atoms with Crippen molar-refractivity contribution in [3.8, 4) is 5.75 Å². The van der Waals surface area contributed by atoms with Crippen LogP contribution in [0, 0.1) is 0 Å². The number of aromatic nitrogens is 2. The van der Waals surface area contributed by atoms with Crippen LogP contribution < -0.4 is 10.1 Å². The maximum atomic E-state index is 6.07. The number of nitrogens with zero attached hydrogens (tertiary/aromatic N) is 4. The van der Waals surface area contributed by atoms with Crippen molar-refractivity contribution in [2.75, 3.05) is 26.2 Å². The molecule has 1 fully saturated rings. The van der Waals surface area contributed by atoms with Crippen LogP contribution in [0.2, 0.25) is 0 Å². The first-order valence-corrected chi connectivity index (χ1v) is 9.07. The second-order valence-corrected chi connectivity index (χ2v) is 6.12. The molecule has 2 aromatic rings. The predicted octanol–water partition coefficient (Wildman–Crippen LogP) is 2.39. The van der Waals surface area contributed by atoms with Crippen molar-refractivity contribution < 1.29 is 4.74 Å². The molecule has 0 unspecified atom stereocenters. The van der Waals surface area contributed by atoms with E-state index in [0.717, 1.165) is 57.3 Å². The topological polar surface area (TPSA) is 54.7 Å². The van der Waals surface area contributed by atoms with Crippen molar-refractivity contribution in [2.45, 2.75) is 32.4 Å². The van der Waals surface area contributed by atoms with Gasteiger partial charge in [-0.1, -0.05) is 18.2 Å². The zero-order chi connectivity index (χ0) is 17.3. The molecule has 6 heteroatoms. The van der Waals surface area contributed by atoms with Crippen LogP contribution in [0.4, 0.5) is 0 Å². The van der Waals surface area contributed by atoms with Gasteiger partial charge in [-0.05, 0) is 25.1 Å². The van der Waals surface area contributed by atoms with Crippen molar-refractivity contribution >= 4 is 5.96 Å². The van der Waals surface area contributed by atoms with E-state index < -0.39 is 0 Å². The minimum Gasteiger partial charge on any atom is -0.490 e. The van der Waals surface area contributed by atoms with Crippen LogP contribution >= 0.6 is 0 Å². The Morgan fingerprint density at radius 2 is 2.04 bits per heavy atom. The number of rotatable bonds is 6. The van der Waals surface area contributed by atoms with Gasteiger partial charge in [0.25, 0.3) is 0 Å². The number of piperidine rings is 1. The standard InChI is InChI=1S/C19H27N5O/c1-2-20-19(21-12-16-24-13-6-11-22-24)23-14-9-18(10-15-23)25-17-7-4-3-5-8-17/h3-8,11,13,18H,2,9-10,12,14-16H2,1H3,(H,20,21). The number of likely N-dealkylation sites (tertiary alicyclic amines) is 1. The van der Waals surface area contributed by atoms with Crippen LogP contribution in [0.5, 0.6) is 5.75 Å². The third kappa shape index (κ3) is 5.24. The first kappa shape index (κ1) is 17.3. The van der Waals surface area contributed by atoms with Crippen molar-refractivity contribution in [2.24, 2.45) is 4.99 Å². The molecular formula is C19H27N5O. The fourth-order valence-electron chi connectivity index (χ4n) is 2.99. The van der Waals surface area contributed by atoms with Gasteiger partial charge < -0.3 is 15.0 Å². The Labute approximate surface area is 149 Å². The first-order valence-electron chi connectivity index (χ1n) is 9.07. The van der Waals surface area contributed by atoms with Gasteiger partial charge in [-0.2, -0.15) is 5.10 Å². The van der Waals surface area contributed by atoms with Gasteiger partial charge in [0.15, 0.2) is 5.96 Å². The fraction of sp³-hybridized carbons (Fsp3) is 0.474. The van der Waals surface area contributed by atoms with Gasteiger partial charge >= 0.3 is 0 Å². The third-order valence-corrected chi connectivity index (χ3v) is 4.27. The molecule has 0 amide bonds. The summed E-state index contributed by atoms with van der Waals surface area (Å²) in [6, 6.07) is 12.0. The second-order valence-electron chi connectivity index (χ2n) is 6.12. The van der Waals surface area contributed by atoms with Gasteiger partial charge in [0.1, 0.15) is 11.9 Å². The minimum absolute atomic E-state index is 0.283. The number of hydrogen-bond acceptors (Lipinski definition) is 3. The number of guanidine groups is 1. The van der Waals surface area contributed by atoms with Crippen LogP contribution in [-0.2, 0) is 6.54 Å². The zero-order valence-electron chi connectivity index (χ0n) is 14.8. The molecule has 0 saturated carbocycles. The van der Waals surface area contributed by atoms with E-state index in [4.69, 9.17) is 9.73 Å². The van der Waals surface area contributed by atoms with Crippen molar-refractivity contribution in [3.63, 3.8) is 0 Å². The van der Waals surface area contributed by atoms with Crippen LogP contribution in [0.3, 0.4) is 0 Å². The lowest BCUT2D eigenvalue weighted by Crippen LogP contribution is -2.47. The molecule has 1 saturated heterocycles. The van der Waals surface area contributed by atoms with E-state index in [0.29, 0.717) is 0 Å². The Hall–Kier alpha value is -2.50. The molecule has 0 bridgehead atoms. The smallest absolute Gasteiger partial charge is 0.193 e. The van der Waals surface area contributed by atoms with Gasteiger partial charge in [0.2, 0.25) is 0 Å². The highest BCUT2D eigenvalue weighted by atomic mass is 16.5. The van der Waals surface area contributed by atoms with Crippen molar-refractivity contribution in [1.29, 1.82) is 0 Å². The molecule has 0 atom stereocenters. The van der Waals surface area contributed by atoms with Gasteiger partial charge in [-0.25, -0.2) is 0 Å². The third-order valence-electron chi connectivity index (χ3n) is 4.27. The number of aliphatic imine (C=N–C) groups is 1. The minimum atomic E-state index is 0.283. The van der Waals surface area contributed by atoms with Gasteiger partial charge in [-0.15, -0.1) is 0 Å². The summed E-state index contributed by atoms with van der Waals surface area (Å²) in [5, 5.41) is 7.62. The van der Waals surface area contributed by atoms with E-state index in [1.165, 1.54) is 0 Å². The molecule has 25 heavy (non-hydrogen) atoms. The van der Waals surface area contributed by atoms with Crippen molar-refractivity contribution in [3.05, 3.63) is 48.8 Å². The molecule has 1 N–H and O–H groups in total. The molecule has 1 aliphatic rings. The molecular weight excluding hydrogens is 314 g/mol. The Morgan fingerprint density at radius 1 is 1.24 bits per heavy atom. The highest BCUT2D eigenvalue weighted by Crippen LogP contribution is 2.18. The van der Waals surface area contributed by atoms with Crippen LogP contribution in [0.15, 0.2) is 53.8 Å². The molecule has 0 spiro atoms. The number of ether oxygens (including phenoxy) is 1. The normalized spacial score (nSPS) is 16.0. The molecule has 0 aliphatic carbocycles. The average Bonchev–Trinajstić information content (AvgIpc) is 3.16. The largest absolute Gasteiger partial charge is 0.490 e. The molecule has 2 heterocycles. The molecule has 1 aromatic heterocycles. The summed E-state index contributed by atoms with van der Waals surface area (Å²) in [5.41, 5.74) is 0. The lowest BCUT2D eigenvalue weighted by Gasteiger charge is -2.34. The number of para-hydroxylation sites is 1. The summed E-state index contributed by atoms with van der Waals surface area (Å²) >= 11 is 0. The maximum Gasteiger partial charge on any atom is 0.193 e. The Bertz CT molecular complexity index is 633. The molecule has 1 aromatic carbocycles. The lowest BCUT2D eigenvalue weighted by atomic mass is 10.1. The van der Waals surface area contributed by atoms with E-state index >= 15 is 0 Å². The summed E-state index contributed by atoms with van der Waals surface area (Å²) in [5.74, 6) is 1.95. The highest BCUT2D eigenvalue weighted by Gasteiger charge is 2.22. The Kier molecular flexibility index (Phi) is 6.31. The van der Waals surface area contributed by atoms with Crippen LogP contribution in [0.1, 0.15) is 19.8 Å². The second kappa shape index (κ2) is 9.11. The number of hydrogen-bond donors (Lipinski definition) is 1. The van der Waals surface area contributed by atoms with E-state index in [9.17, 15) is 0 Å². The summed E-state index contributed by atoms with van der Waals surface area (Å²) in [6.07, 6.45) is 6.07. The Morgan fingerprint density at radius 3 is 2.72 bits per heavy atom. The quantitative estimate of drug-likeness (QED) is 0.647. The monoisotopic (exact) mass is 341 g/mol. The maximum absolute atomic E-state index is 6.07. The first-order chi connectivity index (χ1) is 12.3. The van der Waals surface area contributed by atoms with Gasteiger partial charge in [0, 0.05) is 44.9 Å². The Balaban J connectivity index is 1.49. The number of nitrogens with one attached hydrogen (secondary N) is 1. The summed E-state index contributed by atoms with van der Waals surface area (Å²) in [6.45, 7) is 6.44. The molecule has 6 nitrogen and oxygen atoms in total. The van der Waals surface area contributed by atoms with Gasteiger partial charge in [-0.3, -0.25) is 9.67 Å². The summed E-state index contributed by atoms with van der Waals surface area (Å²) < 4.78 is 7.98. The summed E-state index contributed by atoms with van der Waals surface area (Å²) in [4.78, 5) is 7.08. The van der Waals surface area contributed by atoms with E-state index in [1.54, 1.807) is 6.20 Å². The molecule has 0 radical (unpaired) electrons. The zero-order valence-corrected chi connectivity index (χ0v) is 14.8. The highest BCUT2D eigenvalue weighted by molar-refractivity contribution is 5.80. The van der Waals surface area contributed by atoms with E-state index in [1.807, 2.05) is 47.3 Å². The SMILES string of the molecule is CCNC(=NCCn1cccn1)N1CCC(Oc2ccccc2)CC1. The summed E-state index contributed by atoms with van der Waals surface area (Å²) in [7, 11) is 0. The van der Waals surface area contributed by atoms with E-state index in [2.05, 4.69) is 22.2 Å². The van der Waals surface area contributed by atoms with Crippen LogP contribution in [-0.4, -0.2) is 52.9 Å². The number of benzene rings is 1.